The molecular weight excluding hydrogens is 761 g/mol. The van der Waals surface area contributed by atoms with Crippen molar-refractivity contribution in [2.75, 3.05) is 37.1 Å². The molecule has 5 rings (SSSR count). The molecule has 6 N–H and O–H groups in total. The average molecular weight is 823 g/mol. The van der Waals surface area contributed by atoms with Crippen LogP contribution in [0.5, 0.6) is 11.5 Å². The summed E-state index contributed by atoms with van der Waals surface area (Å²) in [6.45, 7) is 12.5. The Morgan fingerprint density at radius 3 is 2.23 bits per heavy atom. The van der Waals surface area contributed by atoms with Gasteiger partial charge in [0.2, 0.25) is 13.2 Å². The molecule has 1 aromatic heterocycles. The number of unbranched alkanes of at least 4 members (excludes halogenated alkanes) is 1. The second kappa shape index (κ2) is 27.4. The van der Waals surface area contributed by atoms with Gasteiger partial charge in [0.15, 0.2) is 11.5 Å². The highest BCUT2D eigenvalue weighted by molar-refractivity contribution is 5.69. The van der Waals surface area contributed by atoms with Gasteiger partial charge in [0.1, 0.15) is 5.82 Å². The van der Waals surface area contributed by atoms with Gasteiger partial charge in [-0.25, -0.2) is 0 Å². The quantitative estimate of drug-likeness (QED) is 0.0417. The smallest absolute Gasteiger partial charge is 0.317 e. The number of amides is 1. The standard InChI is InChI=1S/C19H24N2.C16H20N2O5.C12H18N2O2/c1-4-8-19(21-18-10-7-6-9-15(18)3)20-17-13-11-16(5-2)12-14-17;1-2-3-12(8-17-9-19)18-13(7-16(20)21)11-4-5-14-15(6-11)23-10-22-14;1-2-3-8-14(10-12(15)16)9-11-6-4-5-7-13-11/h6-14,20-21H,4-5H2,1-3H3;3-6,9,13,18H,2,7-8,10H2,1H3,(H,17,19)(H,20,21);4-7H,2-3,8-10H2,1H3,(H,15,16)/b19-8-;12-3+;. The van der Waals surface area contributed by atoms with Crippen molar-refractivity contribution in [1.82, 2.24) is 20.5 Å². The van der Waals surface area contributed by atoms with Crippen LogP contribution in [0.3, 0.4) is 0 Å². The lowest BCUT2D eigenvalue weighted by molar-refractivity contribution is -0.139. The maximum Gasteiger partial charge on any atom is 0.317 e. The molecule has 1 aliphatic heterocycles. The predicted molar refractivity (Wildman–Crippen MR) is 238 cm³/mol. The third-order valence-electron chi connectivity index (χ3n) is 9.13. The monoisotopic (exact) mass is 822 g/mol. The molecule has 0 saturated carbocycles. The summed E-state index contributed by atoms with van der Waals surface area (Å²) in [4.78, 5) is 38.5. The number of aryl methyl sites for hydroxylation is 2. The van der Waals surface area contributed by atoms with E-state index in [0.717, 1.165) is 72.8 Å². The fourth-order valence-corrected chi connectivity index (χ4v) is 6.04. The van der Waals surface area contributed by atoms with Gasteiger partial charge in [-0.15, -0.1) is 0 Å². The molecule has 60 heavy (non-hydrogen) atoms. The molecule has 3 aromatic carbocycles. The van der Waals surface area contributed by atoms with Crippen molar-refractivity contribution >= 4 is 29.7 Å². The van der Waals surface area contributed by atoms with Gasteiger partial charge in [0.25, 0.3) is 0 Å². The van der Waals surface area contributed by atoms with Gasteiger partial charge in [0, 0.05) is 29.8 Å². The molecule has 1 unspecified atom stereocenters. The fourth-order valence-electron chi connectivity index (χ4n) is 6.04. The molecule has 0 fully saturated rings. The van der Waals surface area contributed by atoms with Crippen LogP contribution in [-0.4, -0.2) is 64.9 Å². The first-order valence-corrected chi connectivity index (χ1v) is 20.6. The topological polar surface area (TPSA) is 174 Å². The second-order valence-corrected chi connectivity index (χ2v) is 14.0. The molecule has 0 spiro atoms. The second-order valence-electron chi connectivity index (χ2n) is 14.0. The number of aliphatic carboxylic acids is 2. The summed E-state index contributed by atoms with van der Waals surface area (Å²) in [5.74, 6) is 0.573. The van der Waals surface area contributed by atoms with Crippen LogP contribution in [0, 0.1) is 6.92 Å². The van der Waals surface area contributed by atoms with E-state index in [9.17, 15) is 19.5 Å². The van der Waals surface area contributed by atoms with E-state index in [4.69, 9.17) is 14.6 Å². The van der Waals surface area contributed by atoms with E-state index >= 15 is 0 Å². The minimum atomic E-state index is -0.917. The Kier molecular flexibility index (Phi) is 21.9. The highest BCUT2D eigenvalue weighted by atomic mass is 16.7. The number of allylic oxidation sites excluding steroid dienone is 2. The van der Waals surface area contributed by atoms with Gasteiger partial charge in [0.05, 0.1) is 31.2 Å². The number of carboxylic acids is 2. The fraction of sp³-hybridized carbons (Fsp3) is 0.362. The lowest BCUT2D eigenvalue weighted by Crippen LogP contribution is -2.30. The lowest BCUT2D eigenvalue weighted by atomic mass is 10.0. The third kappa shape index (κ3) is 18.1. The Morgan fingerprint density at radius 2 is 1.60 bits per heavy atom. The largest absolute Gasteiger partial charge is 0.481 e. The molecule has 4 aromatic rings. The van der Waals surface area contributed by atoms with Crippen LogP contribution in [-0.2, 0) is 27.3 Å². The van der Waals surface area contributed by atoms with Crippen molar-refractivity contribution in [3.63, 3.8) is 0 Å². The highest BCUT2D eigenvalue weighted by Gasteiger charge is 2.21. The first-order chi connectivity index (χ1) is 29.1. The van der Waals surface area contributed by atoms with Crippen molar-refractivity contribution in [3.05, 3.63) is 137 Å². The van der Waals surface area contributed by atoms with Gasteiger partial charge < -0.3 is 41.0 Å². The van der Waals surface area contributed by atoms with Crippen molar-refractivity contribution in [1.29, 1.82) is 0 Å². The number of anilines is 2. The average Bonchev–Trinajstić information content (AvgIpc) is 3.72. The Bertz CT molecular complexity index is 1950. The number of carbonyl (C=O) groups excluding carboxylic acids is 1. The van der Waals surface area contributed by atoms with Crippen LogP contribution in [0.4, 0.5) is 11.4 Å². The number of nitrogens with one attached hydrogen (secondary N) is 4. The minimum Gasteiger partial charge on any atom is -0.481 e. The maximum atomic E-state index is 11.2. The molecule has 13 heteroatoms. The number of aromatic nitrogens is 1. The summed E-state index contributed by atoms with van der Waals surface area (Å²) in [6, 6.07) is 27.5. The lowest BCUT2D eigenvalue weighted by Gasteiger charge is -2.21. The van der Waals surface area contributed by atoms with Gasteiger partial charge in [-0.2, -0.15) is 0 Å². The number of pyridine rings is 1. The highest BCUT2D eigenvalue weighted by Crippen LogP contribution is 2.35. The van der Waals surface area contributed by atoms with E-state index < -0.39 is 18.0 Å². The number of rotatable bonds is 22. The molecule has 1 aliphatic rings. The number of ether oxygens (including phenoxy) is 2. The molecule has 1 amide bonds. The number of para-hydroxylation sites is 1. The molecule has 0 saturated heterocycles. The Labute approximate surface area is 354 Å². The summed E-state index contributed by atoms with van der Waals surface area (Å²) in [7, 11) is 0. The molecule has 0 bridgehead atoms. The van der Waals surface area contributed by atoms with Crippen LogP contribution in [0.1, 0.15) is 88.2 Å². The van der Waals surface area contributed by atoms with E-state index in [-0.39, 0.29) is 19.8 Å². The van der Waals surface area contributed by atoms with Gasteiger partial charge >= 0.3 is 11.9 Å². The molecule has 1 atom stereocenters. The Hall–Kier alpha value is -6.34. The minimum absolute atomic E-state index is 0.0799. The van der Waals surface area contributed by atoms with Gasteiger partial charge in [-0.3, -0.25) is 24.3 Å². The van der Waals surface area contributed by atoms with Crippen molar-refractivity contribution in [2.45, 2.75) is 85.7 Å². The zero-order valence-electron chi connectivity index (χ0n) is 35.6. The summed E-state index contributed by atoms with van der Waals surface area (Å²) >= 11 is 0. The SMILES string of the molecule is CC/C=C(/Nc1ccc(CC)cc1)Nc1ccccc1C.CC/C=C(\CNC=O)NC(CC(=O)O)c1ccc2c(c1)OCO2.CCCCN(CC(=O)O)Cc1ccccn1. The van der Waals surface area contributed by atoms with Crippen LogP contribution in [0.15, 0.2) is 115 Å². The van der Waals surface area contributed by atoms with Crippen LogP contribution < -0.4 is 30.7 Å². The normalized spacial score (nSPS) is 12.2. The van der Waals surface area contributed by atoms with Gasteiger partial charge in [-0.05, 0) is 104 Å². The number of carboxylic acid groups (broad SMARTS) is 2. The number of hydrogen-bond donors (Lipinski definition) is 6. The van der Waals surface area contributed by atoms with Crippen molar-refractivity contribution in [2.24, 2.45) is 0 Å². The summed E-state index contributed by atoms with van der Waals surface area (Å²) in [5.41, 5.74) is 7.30. The first-order valence-electron chi connectivity index (χ1n) is 20.6. The molecule has 13 nitrogen and oxygen atoms in total. The molecule has 2 heterocycles. The van der Waals surface area contributed by atoms with E-state index in [2.05, 4.69) is 109 Å². The number of fused-ring (bicyclic) bond motifs is 1. The Balaban J connectivity index is 0.000000244. The third-order valence-corrected chi connectivity index (χ3v) is 9.13. The number of nitrogens with zero attached hydrogens (tertiary/aromatic N) is 2. The van der Waals surface area contributed by atoms with Crippen molar-refractivity contribution in [3.8, 4) is 11.5 Å². The van der Waals surface area contributed by atoms with Crippen LogP contribution >= 0.6 is 0 Å². The molecular formula is C47H62N6O7. The van der Waals surface area contributed by atoms with E-state index in [1.807, 2.05) is 42.2 Å². The zero-order chi connectivity index (χ0) is 43.5. The molecule has 0 radical (unpaired) electrons. The Morgan fingerprint density at radius 1 is 0.867 bits per heavy atom. The molecule has 0 aliphatic carbocycles. The number of carbonyl (C=O) groups is 3. The van der Waals surface area contributed by atoms with E-state index in [1.165, 1.54) is 11.1 Å². The number of benzene rings is 3. The van der Waals surface area contributed by atoms with Crippen LogP contribution in [0.2, 0.25) is 0 Å². The number of hydrogen-bond acceptors (Lipinski definition) is 10. The zero-order valence-corrected chi connectivity index (χ0v) is 35.6. The molecule has 322 valence electrons. The summed E-state index contributed by atoms with van der Waals surface area (Å²) in [5, 5.41) is 30.7. The van der Waals surface area contributed by atoms with Crippen molar-refractivity contribution < 1.29 is 34.1 Å². The van der Waals surface area contributed by atoms with Crippen LogP contribution in [0.25, 0.3) is 0 Å². The maximum absolute atomic E-state index is 11.2. The van der Waals surface area contributed by atoms with E-state index in [1.54, 1.807) is 18.3 Å². The first kappa shape index (κ1) is 48.0. The summed E-state index contributed by atoms with van der Waals surface area (Å²) in [6.07, 6.45) is 11.2. The van der Waals surface area contributed by atoms with E-state index in [0.29, 0.717) is 31.0 Å². The summed E-state index contributed by atoms with van der Waals surface area (Å²) < 4.78 is 10.6. The predicted octanol–water partition coefficient (Wildman–Crippen LogP) is 8.66. The van der Waals surface area contributed by atoms with Gasteiger partial charge in [-0.1, -0.05) is 82.7 Å².